The molecule has 0 amide bonds. The van der Waals surface area contributed by atoms with Crippen molar-refractivity contribution in [1.82, 2.24) is 24.7 Å². The quantitative estimate of drug-likeness (QED) is 0.245. The number of fused-ring (bicyclic) bond motifs is 3. The van der Waals surface area contributed by atoms with Gasteiger partial charge in [-0.15, -0.1) is 10.2 Å². The Kier molecular flexibility index (Phi) is 4.89. The van der Waals surface area contributed by atoms with Gasteiger partial charge in [-0.2, -0.15) is 14.9 Å². The molecule has 0 atom stereocenters. The van der Waals surface area contributed by atoms with Crippen LogP contribution in [-0.2, 0) is 0 Å². The fourth-order valence-electron chi connectivity index (χ4n) is 4.66. The maximum atomic E-state index is 6.24. The number of furan rings is 2. The van der Waals surface area contributed by atoms with Gasteiger partial charge in [0.15, 0.2) is 11.5 Å². The first-order chi connectivity index (χ1) is 19.3. The SMILES string of the molecule is C(=C1\Sc2nncn2N=C1c1cc2ccccc2o1)/c1cn(-c2ccccc2)nc1-c1cc2ccccc2o1. The van der Waals surface area contributed by atoms with E-state index in [4.69, 9.17) is 19.0 Å². The molecule has 0 fully saturated rings. The van der Waals surface area contributed by atoms with Gasteiger partial charge in [-0.25, -0.2) is 4.68 Å². The number of benzene rings is 3. The van der Waals surface area contributed by atoms with Gasteiger partial charge < -0.3 is 8.83 Å². The highest BCUT2D eigenvalue weighted by Gasteiger charge is 2.26. The summed E-state index contributed by atoms with van der Waals surface area (Å²) in [5, 5.41) is 20.8. The van der Waals surface area contributed by atoms with E-state index >= 15 is 0 Å². The summed E-state index contributed by atoms with van der Waals surface area (Å²) >= 11 is 1.48. The van der Waals surface area contributed by atoms with Crippen molar-refractivity contribution in [2.24, 2.45) is 5.10 Å². The molecule has 0 saturated heterocycles. The Hall–Kier alpha value is -5.15. The molecule has 1 aliphatic heterocycles. The number of nitrogens with zero attached hydrogens (tertiary/aromatic N) is 6. The Balaban J connectivity index is 1.32. The van der Waals surface area contributed by atoms with Gasteiger partial charge in [0, 0.05) is 27.4 Å². The zero-order valence-electron chi connectivity index (χ0n) is 20.3. The van der Waals surface area contributed by atoms with Gasteiger partial charge in [-0.05, 0) is 54.2 Å². The average Bonchev–Trinajstić information content (AvgIpc) is 3.77. The van der Waals surface area contributed by atoms with Gasteiger partial charge in [0.1, 0.15) is 28.9 Å². The largest absolute Gasteiger partial charge is 0.454 e. The van der Waals surface area contributed by atoms with E-state index in [1.807, 2.05) is 102 Å². The van der Waals surface area contributed by atoms with E-state index in [1.54, 1.807) is 11.0 Å². The van der Waals surface area contributed by atoms with Crippen molar-refractivity contribution in [2.45, 2.75) is 5.16 Å². The number of rotatable bonds is 4. The Bertz CT molecular complexity index is 1990. The predicted molar refractivity (Wildman–Crippen MR) is 151 cm³/mol. The van der Waals surface area contributed by atoms with Crippen molar-refractivity contribution in [3.8, 4) is 17.1 Å². The fraction of sp³-hybridized carbons (Fsp3) is 0. The molecule has 0 aliphatic carbocycles. The zero-order chi connectivity index (χ0) is 25.8. The maximum absolute atomic E-state index is 6.24. The minimum absolute atomic E-state index is 0.662. The van der Waals surface area contributed by atoms with Crippen LogP contribution < -0.4 is 0 Å². The van der Waals surface area contributed by atoms with Crippen LogP contribution in [0.1, 0.15) is 11.3 Å². The highest BCUT2D eigenvalue weighted by atomic mass is 32.2. The Morgan fingerprint density at radius 2 is 1.46 bits per heavy atom. The second-order valence-electron chi connectivity index (χ2n) is 9.03. The molecular weight excluding hydrogens is 508 g/mol. The summed E-state index contributed by atoms with van der Waals surface area (Å²) < 4.78 is 16.0. The molecule has 39 heavy (non-hydrogen) atoms. The summed E-state index contributed by atoms with van der Waals surface area (Å²) in [5.41, 5.74) is 4.84. The first-order valence-corrected chi connectivity index (χ1v) is 13.1. The Morgan fingerprint density at radius 1 is 0.769 bits per heavy atom. The minimum Gasteiger partial charge on any atom is -0.454 e. The standard InChI is InChI=1S/C30H18N6O2S/c1-2-10-22(11-3-1)35-17-21(28(33-35)25-14-19-8-4-6-12-23(19)37-25)16-27-29(34-36-18-31-32-30(36)39-27)26-15-20-9-5-7-13-24(20)38-26/h1-18H/b27-16+. The molecule has 4 aromatic heterocycles. The predicted octanol–water partition coefficient (Wildman–Crippen LogP) is 7.02. The molecule has 5 heterocycles. The molecule has 8 rings (SSSR count). The molecule has 0 spiro atoms. The van der Waals surface area contributed by atoms with E-state index in [2.05, 4.69) is 16.3 Å². The van der Waals surface area contributed by atoms with Crippen molar-refractivity contribution >= 4 is 45.5 Å². The molecule has 0 saturated carbocycles. The molecule has 186 valence electrons. The van der Waals surface area contributed by atoms with Crippen LogP contribution in [0.25, 0.3) is 45.2 Å². The van der Waals surface area contributed by atoms with Crippen LogP contribution in [0.5, 0.6) is 0 Å². The summed E-state index contributed by atoms with van der Waals surface area (Å²) in [5.74, 6) is 1.35. The summed E-state index contributed by atoms with van der Waals surface area (Å²) in [6.45, 7) is 0. The third-order valence-corrected chi connectivity index (χ3v) is 7.49. The van der Waals surface area contributed by atoms with Gasteiger partial charge in [0.05, 0.1) is 5.69 Å². The Morgan fingerprint density at radius 3 is 2.23 bits per heavy atom. The minimum atomic E-state index is 0.662. The highest BCUT2D eigenvalue weighted by molar-refractivity contribution is 8.04. The van der Waals surface area contributed by atoms with E-state index in [0.717, 1.165) is 43.8 Å². The lowest BCUT2D eigenvalue weighted by Crippen LogP contribution is -2.10. The smallest absolute Gasteiger partial charge is 0.216 e. The monoisotopic (exact) mass is 526 g/mol. The van der Waals surface area contributed by atoms with Crippen molar-refractivity contribution < 1.29 is 8.83 Å². The first-order valence-electron chi connectivity index (χ1n) is 12.3. The van der Waals surface area contributed by atoms with Crippen LogP contribution in [0.4, 0.5) is 0 Å². The van der Waals surface area contributed by atoms with Crippen LogP contribution >= 0.6 is 11.8 Å². The van der Waals surface area contributed by atoms with Crippen molar-refractivity contribution in [3.63, 3.8) is 0 Å². The number of hydrogen-bond donors (Lipinski definition) is 0. The normalized spacial score (nSPS) is 14.3. The Labute approximate surface area is 225 Å². The molecule has 0 bridgehead atoms. The topological polar surface area (TPSA) is 87.2 Å². The molecule has 9 heteroatoms. The molecule has 0 N–H and O–H groups in total. The van der Waals surface area contributed by atoms with Gasteiger partial charge in [0.2, 0.25) is 5.16 Å². The van der Waals surface area contributed by atoms with Crippen LogP contribution in [0.2, 0.25) is 0 Å². The summed E-state index contributed by atoms with van der Waals surface area (Å²) in [6, 6.07) is 29.9. The lowest BCUT2D eigenvalue weighted by atomic mass is 10.1. The van der Waals surface area contributed by atoms with Crippen molar-refractivity contribution in [3.05, 3.63) is 120 Å². The molecule has 7 aromatic rings. The van der Waals surface area contributed by atoms with Gasteiger partial charge in [0.25, 0.3) is 0 Å². The second-order valence-corrected chi connectivity index (χ2v) is 10.0. The van der Waals surface area contributed by atoms with E-state index in [0.29, 0.717) is 22.4 Å². The fourth-order valence-corrected chi connectivity index (χ4v) is 5.55. The van der Waals surface area contributed by atoms with Gasteiger partial charge >= 0.3 is 0 Å². The van der Waals surface area contributed by atoms with Crippen molar-refractivity contribution in [1.29, 1.82) is 0 Å². The third-order valence-electron chi connectivity index (χ3n) is 6.51. The lowest BCUT2D eigenvalue weighted by molar-refractivity contribution is 0.602. The summed E-state index contributed by atoms with van der Waals surface area (Å²) in [7, 11) is 0. The second kappa shape index (κ2) is 8.71. The molecule has 3 aromatic carbocycles. The van der Waals surface area contributed by atoms with Crippen LogP contribution in [0.15, 0.2) is 128 Å². The number of para-hydroxylation sites is 3. The molecule has 0 unspecified atom stereocenters. The molecule has 8 nitrogen and oxygen atoms in total. The highest BCUT2D eigenvalue weighted by Crippen LogP contribution is 2.38. The van der Waals surface area contributed by atoms with E-state index in [1.165, 1.54) is 11.8 Å². The molecular formula is C30H18N6O2S. The van der Waals surface area contributed by atoms with Crippen molar-refractivity contribution in [2.75, 3.05) is 0 Å². The van der Waals surface area contributed by atoms with E-state index in [9.17, 15) is 0 Å². The number of aromatic nitrogens is 5. The number of allylic oxidation sites excluding steroid dienone is 1. The molecule has 1 aliphatic rings. The van der Waals surface area contributed by atoms with Crippen LogP contribution in [0, 0.1) is 0 Å². The summed E-state index contributed by atoms with van der Waals surface area (Å²) in [4.78, 5) is 0.861. The molecule has 0 radical (unpaired) electrons. The average molecular weight is 527 g/mol. The van der Waals surface area contributed by atoms with Gasteiger partial charge in [-0.3, -0.25) is 0 Å². The number of hydrogen-bond acceptors (Lipinski definition) is 7. The summed E-state index contributed by atoms with van der Waals surface area (Å²) in [6.07, 6.45) is 5.65. The van der Waals surface area contributed by atoms with Gasteiger partial charge in [-0.1, -0.05) is 54.6 Å². The van der Waals surface area contributed by atoms with E-state index in [-0.39, 0.29) is 0 Å². The van der Waals surface area contributed by atoms with E-state index < -0.39 is 0 Å². The third kappa shape index (κ3) is 3.79. The maximum Gasteiger partial charge on any atom is 0.216 e. The lowest BCUT2D eigenvalue weighted by Gasteiger charge is -2.13. The first kappa shape index (κ1) is 21.9. The number of thioether (sulfide) groups is 1. The van der Waals surface area contributed by atoms with Crippen LogP contribution in [-0.4, -0.2) is 30.4 Å². The van der Waals surface area contributed by atoms with Crippen LogP contribution in [0.3, 0.4) is 0 Å². The zero-order valence-corrected chi connectivity index (χ0v) is 21.1.